The Hall–Kier alpha value is -3.09. The van der Waals surface area contributed by atoms with Crippen molar-refractivity contribution in [2.24, 2.45) is 0 Å². The molecule has 0 aliphatic heterocycles. The van der Waals surface area contributed by atoms with Gasteiger partial charge in [0.25, 0.3) is 0 Å². The van der Waals surface area contributed by atoms with Gasteiger partial charge in [-0.2, -0.15) is 0 Å². The van der Waals surface area contributed by atoms with Crippen molar-refractivity contribution < 1.29 is 23.1 Å². The number of aromatic nitrogens is 1. The van der Waals surface area contributed by atoms with Gasteiger partial charge in [0, 0.05) is 23.2 Å². The molecule has 0 saturated carbocycles. The van der Waals surface area contributed by atoms with Crippen LogP contribution < -0.4 is 5.43 Å². The van der Waals surface area contributed by atoms with Crippen molar-refractivity contribution in [2.75, 3.05) is 0 Å². The first kappa shape index (κ1) is 14.8. The van der Waals surface area contributed by atoms with E-state index in [0.717, 1.165) is 28.8 Å². The summed E-state index contributed by atoms with van der Waals surface area (Å²) in [5.41, 5.74) is -1.13. The van der Waals surface area contributed by atoms with E-state index >= 15 is 0 Å². The second-order valence-corrected chi connectivity index (χ2v) is 4.79. The number of hydrogen-bond donors (Lipinski definition) is 1. The normalized spacial score (nSPS) is 10.9. The minimum Gasteiger partial charge on any atom is -0.477 e. The van der Waals surface area contributed by atoms with E-state index < -0.39 is 34.5 Å². The fourth-order valence-corrected chi connectivity index (χ4v) is 2.34. The molecule has 2 aromatic carbocycles. The summed E-state index contributed by atoms with van der Waals surface area (Å²) in [6.07, 6.45) is 0. The van der Waals surface area contributed by atoms with Crippen LogP contribution in [0, 0.1) is 17.5 Å². The van der Waals surface area contributed by atoms with E-state index in [1.807, 2.05) is 0 Å². The Bertz CT molecular complexity index is 994. The molecule has 0 fully saturated rings. The van der Waals surface area contributed by atoms with Gasteiger partial charge in [-0.3, -0.25) is 4.79 Å². The van der Waals surface area contributed by atoms with E-state index in [-0.39, 0.29) is 16.6 Å². The molecular weight excluding hydrogens is 311 g/mol. The quantitative estimate of drug-likeness (QED) is 0.789. The summed E-state index contributed by atoms with van der Waals surface area (Å²) in [5, 5.41) is 9.11. The minimum absolute atomic E-state index is 0.125. The van der Waals surface area contributed by atoms with Crippen molar-refractivity contribution in [3.8, 4) is 5.69 Å². The standard InChI is InChI=1S/C16H8F3NO3/c17-8-1-3-9(4-2-8)20-13-6-12(19)11(18)5-10(13)15(21)7-14(20)16(22)23/h1-7H,(H,22,23). The van der Waals surface area contributed by atoms with Crippen LogP contribution in [0.2, 0.25) is 0 Å². The topological polar surface area (TPSA) is 59.3 Å². The van der Waals surface area contributed by atoms with Crippen LogP contribution in [0.15, 0.2) is 47.3 Å². The number of pyridine rings is 1. The SMILES string of the molecule is O=C(O)c1cc(=O)c2cc(F)c(F)cc2n1-c1ccc(F)cc1. The maximum absolute atomic E-state index is 13.6. The zero-order valence-corrected chi connectivity index (χ0v) is 11.4. The van der Waals surface area contributed by atoms with Crippen LogP contribution in [-0.4, -0.2) is 15.6 Å². The zero-order chi connectivity index (χ0) is 16.7. The number of carboxylic acid groups (broad SMARTS) is 1. The zero-order valence-electron chi connectivity index (χ0n) is 11.4. The molecule has 1 aromatic heterocycles. The van der Waals surface area contributed by atoms with Crippen LogP contribution in [0.4, 0.5) is 13.2 Å². The molecule has 0 bridgehead atoms. The number of carboxylic acids is 1. The van der Waals surface area contributed by atoms with Gasteiger partial charge in [-0.1, -0.05) is 0 Å². The van der Waals surface area contributed by atoms with Crippen LogP contribution in [0.1, 0.15) is 10.5 Å². The molecule has 116 valence electrons. The molecule has 0 spiro atoms. The van der Waals surface area contributed by atoms with Crippen molar-refractivity contribution in [2.45, 2.75) is 0 Å². The van der Waals surface area contributed by atoms with Gasteiger partial charge >= 0.3 is 5.97 Å². The van der Waals surface area contributed by atoms with Gasteiger partial charge in [0.05, 0.1) is 5.52 Å². The average molecular weight is 319 g/mol. The van der Waals surface area contributed by atoms with Gasteiger partial charge in [0.15, 0.2) is 17.1 Å². The number of halogens is 3. The highest BCUT2D eigenvalue weighted by atomic mass is 19.2. The molecule has 0 atom stereocenters. The third-order valence-corrected chi connectivity index (χ3v) is 3.36. The summed E-state index contributed by atoms with van der Waals surface area (Å²) in [5.74, 6) is -4.43. The third kappa shape index (κ3) is 2.46. The molecule has 3 aromatic rings. The lowest BCUT2D eigenvalue weighted by atomic mass is 10.1. The molecule has 0 aliphatic carbocycles. The molecule has 0 saturated heterocycles. The fraction of sp³-hybridized carbons (Fsp3) is 0. The van der Waals surface area contributed by atoms with Gasteiger partial charge in [-0.25, -0.2) is 18.0 Å². The maximum Gasteiger partial charge on any atom is 0.353 e. The van der Waals surface area contributed by atoms with Crippen LogP contribution in [0.25, 0.3) is 16.6 Å². The number of nitrogens with zero attached hydrogens (tertiary/aromatic N) is 1. The van der Waals surface area contributed by atoms with E-state index in [0.29, 0.717) is 6.07 Å². The van der Waals surface area contributed by atoms with Crippen molar-refractivity contribution in [3.63, 3.8) is 0 Å². The number of rotatable bonds is 2. The molecule has 7 heteroatoms. The fourth-order valence-electron chi connectivity index (χ4n) is 2.34. The van der Waals surface area contributed by atoms with E-state index in [1.54, 1.807) is 0 Å². The second-order valence-electron chi connectivity index (χ2n) is 4.79. The van der Waals surface area contributed by atoms with Crippen LogP contribution in [-0.2, 0) is 0 Å². The molecule has 1 heterocycles. The molecule has 4 nitrogen and oxygen atoms in total. The van der Waals surface area contributed by atoms with E-state index in [9.17, 15) is 27.9 Å². The van der Waals surface area contributed by atoms with Crippen LogP contribution in [0.5, 0.6) is 0 Å². The first-order valence-electron chi connectivity index (χ1n) is 6.42. The van der Waals surface area contributed by atoms with Crippen molar-refractivity contribution >= 4 is 16.9 Å². The highest BCUT2D eigenvalue weighted by Gasteiger charge is 2.18. The summed E-state index contributed by atoms with van der Waals surface area (Å²) >= 11 is 0. The van der Waals surface area contributed by atoms with Gasteiger partial charge in [-0.15, -0.1) is 0 Å². The lowest BCUT2D eigenvalue weighted by Gasteiger charge is -2.15. The number of hydrogen-bond acceptors (Lipinski definition) is 2. The van der Waals surface area contributed by atoms with Crippen LogP contribution >= 0.6 is 0 Å². The Balaban J connectivity index is 2.50. The smallest absolute Gasteiger partial charge is 0.353 e. The maximum atomic E-state index is 13.6. The molecule has 3 rings (SSSR count). The number of carbonyl (C=O) groups is 1. The lowest BCUT2D eigenvalue weighted by molar-refractivity contribution is 0.0688. The Morgan fingerprint density at radius 1 is 0.957 bits per heavy atom. The van der Waals surface area contributed by atoms with Crippen molar-refractivity contribution in [1.82, 2.24) is 4.57 Å². The molecule has 1 N–H and O–H groups in total. The summed E-state index contributed by atoms with van der Waals surface area (Å²) in [6.45, 7) is 0. The number of benzene rings is 2. The lowest BCUT2D eigenvalue weighted by Crippen LogP contribution is -2.17. The summed E-state index contributed by atoms with van der Waals surface area (Å²) in [6, 6.07) is 6.97. The Morgan fingerprint density at radius 2 is 1.57 bits per heavy atom. The third-order valence-electron chi connectivity index (χ3n) is 3.36. The molecular formula is C16H8F3NO3. The average Bonchev–Trinajstić information content (AvgIpc) is 2.50. The predicted octanol–water partition coefficient (Wildman–Crippen LogP) is 3.11. The molecule has 23 heavy (non-hydrogen) atoms. The first-order valence-corrected chi connectivity index (χ1v) is 6.42. The molecule has 0 aliphatic rings. The summed E-state index contributed by atoms with van der Waals surface area (Å²) in [4.78, 5) is 23.4. The van der Waals surface area contributed by atoms with Crippen LogP contribution in [0.3, 0.4) is 0 Å². The predicted molar refractivity (Wildman–Crippen MR) is 76.4 cm³/mol. The van der Waals surface area contributed by atoms with Gasteiger partial charge in [0.2, 0.25) is 0 Å². The second kappa shape index (κ2) is 5.28. The molecule has 0 amide bonds. The highest BCUT2D eigenvalue weighted by molar-refractivity contribution is 5.92. The number of fused-ring (bicyclic) bond motifs is 1. The first-order chi connectivity index (χ1) is 10.9. The Labute approximate surface area is 127 Å². The molecule has 0 radical (unpaired) electrons. The van der Waals surface area contributed by atoms with E-state index in [1.165, 1.54) is 12.1 Å². The minimum atomic E-state index is -1.43. The van der Waals surface area contributed by atoms with E-state index in [4.69, 9.17) is 0 Å². The van der Waals surface area contributed by atoms with E-state index in [2.05, 4.69) is 0 Å². The monoisotopic (exact) mass is 319 g/mol. The highest BCUT2D eigenvalue weighted by Crippen LogP contribution is 2.22. The summed E-state index contributed by atoms with van der Waals surface area (Å²) < 4.78 is 41.1. The van der Waals surface area contributed by atoms with Gasteiger partial charge in [-0.05, 0) is 30.3 Å². The van der Waals surface area contributed by atoms with Crippen molar-refractivity contribution in [3.05, 3.63) is 75.8 Å². The summed E-state index contributed by atoms with van der Waals surface area (Å²) in [7, 11) is 0. The Morgan fingerprint density at radius 3 is 2.17 bits per heavy atom. The molecule has 0 unspecified atom stereocenters. The largest absolute Gasteiger partial charge is 0.477 e. The van der Waals surface area contributed by atoms with Gasteiger partial charge < -0.3 is 9.67 Å². The van der Waals surface area contributed by atoms with Gasteiger partial charge in [0.1, 0.15) is 11.5 Å². The van der Waals surface area contributed by atoms with Crippen molar-refractivity contribution in [1.29, 1.82) is 0 Å². The number of aromatic carboxylic acids is 1. The Kier molecular flexibility index (Phi) is 3.40.